The third kappa shape index (κ3) is 5.62. The number of hydrogen-bond donors (Lipinski definition) is 1. The van der Waals surface area contributed by atoms with Crippen LogP contribution in [0.15, 0.2) is 28.6 Å². The van der Waals surface area contributed by atoms with Crippen LogP contribution in [0.1, 0.15) is 39.3 Å². The van der Waals surface area contributed by atoms with E-state index in [9.17, 15) is 27.0 Å². The summed E-state index contributed by atoms with van der Waals surface area (Å²) in [5, 5.41) is 2.33. The van der Waals surface area contributed by atoms with Crippen molar-refractivity contribution < 1.29 is 36.1 Å². The highest BCUT2D eigenvalue weighted by Crippen LogP contribution is 2.48. The van der Waals surface area contributed by atoms with Crippen LogP contribution in [0.2, 0.25) is 0 Å². The molecule has 0 saturated heterocycles. The van der Waals surface area contributed by atoms with E-state index in [-0.39, 0.29) is 17.6 Å². The van der Waals surface area contributed by atoms with Gasteiger partial charge in [0, 0.05) is 23.3 Å². The lowest BCUT2D eigenvalue weighted by Crippen LogP contribution is -2.46. The summed E-state index contributed by atoms with van der Waals surface area (Å²) in [4.78, 5) is 24.2. The van der Waals surface area contributed by atoms with Crippen molar-refractivity contribution in [3.8, 4) is 0 Å². The van der Waals surface area contributed by atoms with Gasteiger partial charge >= 0.3 is 12.3 Å². The highest BCUT2D eigenvalue weighted by Gasteiger charge is 2.59. The maximum atomic E-state index is 15.5. The number of benzene rings is 1. The second kappa shape index (κ2) is 8.82. The van der Waals surface area contributed by atoms with Gasteiger partial charge in [-0.15, -0.1) is 0 Å². The Morgan fingerprint density at radius 2 is 1.91 bits per heavy atom. The number of aromatic nitrogens is 1. The average molecular weight is 510 g/mol. The monoisotopic (exact) mass is 509 g/mol. The summed E-state index contributed by atoms with van der Waals surface area (Å²) < 4.78 is 82.7. The Morgan fingerprint density at radius 1 is 1.24 bits per heavy atom. The Bertz CT molecular complexity index is 1180. The van der Waals surface area contributed by atoms with Gasteiger partial charge in [-0.1, -0.05) is 18.2 Å². The zero-order chi connectivity index (χ0) is 24.7. The zero-order valence-corrected chi connectivity index (χ0v) is 19.7. The van der Waals surface area contributed by atoms with E-state index in [2.05, 4.69) is 14.1 Å². The van der Waals surface area contributed by atoms with Crippen LogP contribution in [-0.4, -0.2) is 49.9 Å². The summed E-state index contributed by atoms with van der Waals surface area (Å²) in [5.74, 6) is -2.02. The molecule has 3 atom stereocenters. The molecule has 1 aliphatic heterocycles. The molecule has 2 amide bonds. The molecule has 0 saturated carbocycles. The number of nitrogens with one attached hydrogen (secondary N) is 1. The molecule has 3 rings (SSSR count). The van der Waals surface area contributed by atoms with Gasteiger partial charge in [-0.25, -0.2) is 13.4 Å². The number of fused-ring (bicyclic) bond motifs is 1. The fourth-order valence-corrected chi connectivity index (χ4v) is 6.18. The van der Waals surface area contributed by atoms with Crippen molar-refractivity contribution >= 4 is 43.3 Å². The first-order chi connectivity index (χ1) is 15.1. The Labute approximate surface area is 192 Å². The predicted octanol–water partition coefficient (Wildman–Crippen LogP) is 4.71. The fourth-order valence-electron chi connectivity index (χ4n) is 3.30. The van der Waals surface area contributed by atoms with Gasteiger partial charge in [0.05, 0.1) is 14.4 Å². The predicted molar refractivity (Wildman–Crippen MR) is 116 cm³/mol. The van der Waals surface area contributed by atoms with Crippen LogP contribution < -0.4 is 5.32 Å². The molecule has 0 aliphatic carbocycles. The lowest BCUT2D eigenvalue weighted by atomic mass is 9.95. The molecule has 2 aromatic rings. The normalized spacial score (nSPS) is 23.6. The minimum atomic E-state index is -5.32. The second-order valence-corrected chi connectivity index (χ2v) is 12.0. The lowest BCUT2D eigenvalue weighted by Gasteiger charge is -2.28. The van der Waals surface area contributed by atoms with Crippen LogP contribution in [0.4, 0.5) is 22.4 Å². The molecule has 0 fully saturated rings. The molecule has 33 heavy (non-hydrogen) atoms. The third-order valence-electron chi connectivity index (χ3n) is 4.94. The molecule has 0 bridgehead atoms. The number of amides is 2. The van der Waals surface area contributed by atoms with Gasteiger partial charge < -0.3 is 10.1 Å². The second-order valence-electron chi connectivity index (χ2n) is 8.67. The van der Waals surface area contributed by atoms with Gasteiger partial charge in [0.1, 0.15) is 17.3 Å². The highest BCUT2D eigenvalue weighted by atomic mass is 32.2. The van der Waals surface area contributed by atoms with E-state index >= 15 is 4.39 Å². The number of carbonyl (C=O) groups excluding carboxylic acids is 2. The topological polar surface area (TPSA) is 97.7 Å². The SMILES string of the molecule is CC(C)(C)OC(=O)N[C@H]1CCS(=O)(CCC(F)(c2nsc3ccccc23)C(F)(F)F)=NC1=O. The fraction of sp³-hybridized carbons (Fsp3) is 0.550. The number of hydrogen-bond acceptors (Lipinski definition) is 6. The number of carbonyl (C=O) groups is 2. The first-order valence-electron chi connectivity index (χ1n) is 10.00. The average Bonchev–Trinajstić information content (AvgIpc) is 3.11. The van der Waals surface area contributed by atoms with Crippen molar-refractivity contribution in [3.63, 3.8) is 0 Å². The Balaban J connectivity index is 1.80. The molecule has 0 radical (unpaired) electrons. The molecule has 2 unspecified atom stereocenters. The largest absolute Gasteiger partial charge is 0.444 e. The number of ether oxygens (including phenoxy) is 1. The summed E-state index contributed by atoms with van der Waals surface area (Å²) in [7, 11) is -3.46. The van der Waals surface area contributed by atoms with Crippen LogP contribution in [-0.2, 0) is 24.9 Å². The van der Waals surface area contributed by atoms with E-state index in [1.165, 1.54) is 18.2 Å². The van der Waals surface area contributed by atoms with Crippen molar-refractivity contribution in [2.45, 2.75) is 57.1 Å². The number of alkyl halides is 4. The molecule has 1 aliphatic rings. The van der Waals surface area contributed by atoms with Crippen LogP contribution in [0.3, 0.4) is 0 Å². The third-order valence-corrected chi connectivity index (χ3v) is 7.99. The molecule has 182 valence electrons. The Morgan fingerprint density at radius 3 is 2.52 bits per heavy atom. The van der Waals surface area contributed by atoms with Crippen molar-refractivity contribution in [1.29, 1.82) is 0 Å². The summed E-state index contributed by atoms with van der Waals surface area (Å²) in [5.41, 5.74) is -5.46. The zero-order valence-electron chi connectivity index (χ0n) is 18.1. The quantitative estimate of drug-likeness (QED) is 0.589. The van der Waals surface area contributed by atoms with Gasteiger partial charge in [-0.3, -0.25) is 4.79 Å². The molecule has 1 N–H and O–H groups in total. The minimum Gasteiger partial charge on any atom is -0.444 e. The van der Waals surface area contributed by atoms with Gasteiger partial charge in [0.2, 0.25) is 5.67 Å². The van der Waals surface area contributed by atoms with E-state index in [0.717, 1.165) is 11.5 Å². The van der Waals surface area contributed by atoms with E-state index in [1.54, 1.807) is 26.8 Å². The van der Waals surface area contributed by atoms with Crippen LogP contribution in [0.5, 0.6) is 0 Å². The number of alkyl carbamates (subject to hydrolysis) is 1. The standard InChI is InChI=1S/C20H23F4N3O4S2/c1-18(2,3)31-17(29)25-13-8-10-33(30,27-16(13)28)11-9-19(21,20(22,23)24)15-12-6-4-5-7-14(12)32-26-15/h4-7,13H,8-11H2,1-3H3,(H,25,29)/t13-,19?,33?/m0/s1. The number of rotatable bonds is 5. The number of halogens is 4. The van der Waals surface area contributed by atoms with Crippen LogP contribution >= 0.6 is 11.5 Å². The van der Waals surface area contributed by atoms with E-state index in [1.807, 2.05) is 0 Å². The molecule has 1 aromatic carbocycles. The minimum absolute atomic E-state index is 0.0237. The summed E-state index contributed by atoms with van der Waals surface area (Å²) in [6, 6.07) is 4.83. The molecule has 1 aromatic heterocycles. The van der Waals surface area contributed by atoms with Gasteiger partial charge in [0.25, 0.3) is 5.91 Å². The van der Waals surface area contributed by atoms with Crippen molar-refractivity contribution in [2.75, 3.05) is 11.5 Å². The Kier molecular flexibility index (Phi) is 6.77. The molecule has 2 heterocycles. The highest BCUT2D eigenvalue weighted by molar-refractivity contribution is 7.93. The van der Waals surface area contributed by atoms with E-state index in [0.29, 0.717) is 4.70 Å². The maximum absolute atomic E-state index is 15.5. The van der Waals surface area contributed by atoms with Crippen molar-refractivity contribution in [3.05, 3.63) is 30.0 Å². The van der Waals surface area contributed by atoms with Crippen molar-refractivity contribution in [2.24, 2.45) is 4.36 Å². The van der Waals surface area contributed by atoms with Gasteiger partial charge in [0.15, 0.2) is 0 Å². The maximum Gasteiger partial charge on any atom is 0.428 e. The molecule has 0 spiro atoms. The summed E-state index contributed by atoms with van der Waals surface area (Å²) in [6.07, 6.45) is -7.52. The molecule has 7 nitrogen and oxygen atoms in total. The van der Waals surface area contributed by atoms with Crippen LogP contribution in [0, 0.1) is 0 Å². The molecule has 13 heteroatoms. The van der Waals surface area contributed by atoms with Crippen LogP contribution in [0.25, 0.3) is 10.1 Å². The smallest absolute Gasteiger partial charge is 0.428 e. The number of nitrogens with zero attached hydrogens (tertiary/aromatic N) is 2. The summed E-state index contributed by atoms with van der Waals surface area (Å²) in [6.45, 7) is 4.88. The summed E-state index contributed by atoms with van der Waals surface area (Å²) >= 11 is 0.737. The first kappa shape index (κ1) is 25.3. The molecular formula is C20H23F4N3O4S2. The lowest BCUT2D eigenvalue weighted by molar-refractivity contribution is -0.237. The van der Waals surface area contributed by atoms with Gasteiger partial charge in [-0.2, -0.15) is 21.9 Å². The van der Waals surface area contributed by atoms with Gasteiger partial charge in [-0.05, 0) is 44.8 Å². The molecular weight excluding hydrogens is 486 g/mol. The van der Waals surface area contributed by atoms with Crippen molar-refractivity contribution in [1.82, 2.24) is 9.69 Å². The first-order valence-corrected chi connectivity index (χ1v) is 12.6. The van der Waals surface area contributed by atoms with E-state index < -0.39 is 63.1 Å². The Hall–Kier alpha value is -2.28. The van der Waals surface area contributed by atoms with E-state index in [4.69, 9.17) is 4.74 Å².